The zero-order valence-corrected chi connectivity index (χ0v) is 14.5. The summed E-state index contributed by atoms with van der Waals surface area (Å²) in [5.41, 5.74) is 0.575. The molecule has 0 bridgehead atoms. The molecule has 0 aliphatic carbocycles. The van der Waals surface area contributed by atoms with Crippen LogP contribution in [0.3, 0.4) is 0 Å². The van der Waals surface area contributed by atoms with Crippen molar-refractivity contribution < 1.29 is 17.9 Å². The molecule has 1 aromatic carbocycles. The molecule has 0 radical (unpaired) electrons. The minimum Gasteiger partial charge on any atom is -0.405 e. The highest BCUT2D eigenvalue weighted by molar-refractivity contribution is 9.10. The SMILES string of the molecule is CC[C@H](c1cc(Br)ccc1OC(F)(F)F)N1CCNCC1.Cl. The fourth-order valence-corrected chi connectivity index (χ4v) is 3.04. The van der Waals surface area contributed by atoms with Gasteiger partial charge < -0.3 is 10.1 Å². The van der Waals surface area contributed by atoms with Crippen LogP contribution in [0.1, 0.15) is 24.9 Å². The van der Waals surface area contributed by atoms with Crippen molar-refractivity contribution in [1.82, 2.24) is 10.2 Å². The van der Waals surface area contributed by atoms with Gasteiger partial charge in [-0.2, -0.15) is 0 Å². The maximum atomic E-state index is 12.6. The topological polar surface area (TPSA) is 24.5 Å². The maximum absolute atomic E-state index is 12.6. The zero-order valence-electron chi connectivity index (χ0n) is 12.1. The van der Waals surface area contributed by atoms with E-state index in [1.807, 2.05) is 6.92 Å². The van der Waals surface area contributed by atoms with Gasteiger partial charge in [0.15, 0.2) is 0 Å². The van der Waals surface area contributed by atoms with E-state index in [1.54, 1.807) is 12.1 Å². The summed E-state index contributed by atoms with van der Waals surface area (Å²) in [6, 6.07) is 4.58. The zero-order chi connectivity index (χ0) is 15.5. The molecule has 0 saturated carbocycles. The van der Waals surface area contributed by atoms with Gasteiger partial charge in [-0.15, -0.1) is 25.6 Å². The largest absolute Gasteiger partial charge is 0.573 e. The second-order valence-electron chi connectivity index (χ2n) is 4.94. The standard InChI is InChI=1S/C14H18BrF3N2O.ClH/c1-2-12(20-7-5-19-6-8-20)11-9-10(15)3-4-13(11)21-14(16,17)18;/h3-4,9,12,19H,2,5-8H2,1H3;1H/t12-;/m1./s1. The molecule has 1 aliphatic rings. The lowest BCUT2D eigenvalue weighted by molar-refractivity contribution is -0.275. The number of hydrogen-bond donors (Lipinski definition) is 1. The van der Waals surface area contributed by atoms with E-state index in [-0.39, 0.29) is 24.2 Å². The fourth-order valence-electron chi connectivity index (χ4n) is 2.67. The van der Waals surface area contributed by atoms with E-state index in [0.29, 0.717) is 5.56 Å². The van der Waals surface area contributed by atoms with Crippen LogP contribution >= 0.6 is 28.3 Å². The van der Waals surface area contributed by atoms with E-state index in [1.165, 1.54) is 6.07 Å². The van der Waals surface area contributed by atoms with Gasteiger partial charge in [-0.25, -0.2) is 0 Å². The Morgan fingerprint density at radius 2 is 1.95 bits per heavy atom. The van der Waals surface area contributed by atoms with E-state index in [0.717, 1.165) is 37.1 Å². The maximum Gasteiger partial charge on any atom is 0.573 e. The van der Waals surface area contributed by atoms with Crippen LogP contribution in [0.2, 0.25) is 0 Å². The van der Waals surface area contributed by atoms with Gasteiger partial charge in [-0.1, -0.05) is 22.9 Å². The third-order valence-electron chi connectivity index (χ3n) is 3.54. The lowest BCUT2D eigenvalue weighted by Crippen LogP contribution is -2.45. The molecule has 126 valence electrons. The number of nitrogens with zero attached hydrogens (tertiary/aromatic N) is 1. The predicted molar refractivity (Wildman–Crippen MR) is 85.5 cm³/mol. The molecule has 22 heavy (non-hydrogen) atoms. The number of ether oxygens (including phenoxy) is 1. The highest BCUT2D eigenvalue weighted by Gasteiger charge is 2.34. The molecule has 3 nitrogen and oxygen atoms in total. The normalized spacial score (nSPS) is 17.7. The minimum atomic E-state index is -4.68. The second-order valence-corrected chi connectivity index (χ2v) is 5.86. The summed E-state index contributed by atoms with van der Waals surface area (Å²) < 4.78 is 42.7. The van der Waals surface area contributed by atoms with Gasteiger partial charge in [0.05, 0.1) is 0 Å². The third kappa shape index (κ3) is 5.30. The second kappa shape index (κ2) is 8.38. The van der Waals surface area contributed by atoms with Gasteiger partial charge >= 0.3 is 6.36 Å². The number of nitrogens with one attached hydrogen (secondary N) is 1. The quantitative estimate of drug-likeness (QED) is 0.818. The van der Waals surface area contributed by atoms with Crippen molar-refractivity contribution in [2.75, 3.05) is 26.2 Å². The lowest BCUT2D eigenvalue weighted by atomic mass is 10.0. The lowest BCUT2D eigenvalue weighted by Gasteiger charge is -2.35. The van der Waals surface area contributed by atoms with Gasteiger partial charge in [0, 0.05) is 42.3 Å². The number of alkyl halides is 3. The third-order valence-corrected chi connectivity index (χ3v) is 4.03. The first kappa shape index (κ1) is 19.5. The van der Waals surface area contributed by atoms with Gasteiger partial charge in [-0.3, -0.25) is 4.90 Å². The number of rotatable bonds is 4. The molecular weight excluding hydrogens is 385 g/mol. The summed E-state index contributed by atoms with van der Waals surface area (Å²) in [7, 11) is 0. The average molecular weight is 404 g/mol. The molecule has 0 spiro atoms. The van der Waals surface area contributed by atoms with Gasteiger partial charge in [0.1, 0.15) is 5.75 Å². The van der Waals surface area contributed by atoms with Crippen LogP contribution in [0.25, 0.3) is 0 Å². The molecule has 1 aliphatic heterocycles. The number of hydrogen-bond acceptors (Lipinski definition) is 3. The molecule has 0 amide bonds. The van der Waals surface area contributed by atoms with Crippen LogP contribution in [0.4, 0.5) is 13.2 Å². The molecule has 1 aromatic rings. The van der Waals surface area contributed by atoms with Crippen LogP contribution in [0.15, 0.2) is 22.7 Å². The van der Waals surface area contributed by atoms with Crippen LogP contribution in [0.5, 0.6) is 5.75 Å². The molecule has 1 saturated heterocycles. The molecule has 8 heteroatoms. The number of benzene rings is 1. The summed E-state index contributed by atoms with van der Waals surface area (Å²) in [4.78, 5) is 2.20. The highest BCUT2D eigenvalue weighted by atomic mass is 79.9. The van der Waals surface area contributed by atoms with Crippen molar-refractivity contribution >= 4 is 28.3 Å². The fraction of sp³-hybridized carbons (Fsp3) is 0.571. The van der Waals surface area contributed by atoms with E-state index >= 15 is 0 Å². The Morgan fingerprint density at radius 3 is 2.50 bits per heavy atom. The van der Waals surface area contributed by atoms with Crippen molar-refractivity contribution in [1.29, 1.82) is 0 Å². The Hall–Kier alpha value is -0.500. The summed E-state index contributed by atoms with van der Waals surface area (Å²) in [6.45, 7) is 5.30. The van der Waals surface area contributed by atoms with Gasteiger partial charge in [-0.05, 0) is 24.6 Å². The molecule has 0 unspecified atom stereocenters. The van der Waals surface area contributed by atoms with Crippen molar-refractivity contribution in [2.24, 2.45) is 0 Å². The highest BCUT2D eigenvalue weighted by Crippen LogP contribution is 2.36. The van der Waals surface area contributed by atoms with Crippen LogP contribution in [-0.4, -0.2) is 37.4 Å². The Bertz CT molecular complexity index is 482. The molecular formula is C14H19BrClF3N2O. The van der Waals surface area contributed by atoms with Crippen molar-refractivity contribution in [3.63, 3.8) is 0 Å². The molecule has 1 N–H and O–H groups in total. The first-order valence-electron chi connectivity index (χ1n) is 6.90. The first-order valence-corrected chi connectivity index (χ1v) is 7.70. The van der Waals surface area contributed by atoms with Gasteiger partial charge in [0.2, 0.25) is 0 Å². The molecule has 1 heterocycles. The van der Waals surface area contributed by atoms with Crippen molar-refractivity contribution in [3.05, 3.63) is 28.2 Å². The van der Waals surface area contributed by atoms with Crippen LogP contribution in [-0.2, 0) is 0 Å². The average Bonchev–Trinajstić information content (AvgIpc) is 2.42. The molecule has 1 atom stereocenters. The summed E-state index contributed by atoms with van der Waals surface area (Å²) in [6.07, 6.45) is -3.95. The molecule has 2 rings (SSSR count). The Labute approximate surface area is 142 Å². The van der Waals surface area contributed by atoms with Crippen LogP contribution < -0.4 is 10.1 Å². The number of piperazine rings is 1. The monoisotopic (exact) mass is 402 g/mol. The predicted octanol–water partition coefficient (Wildman–Crippen LogP) is 4.13. The Kier molecular flexibility index (Phi) is 7.45. The van der Waals surface area contributed by atoms with E-state index in [4.69, 9.17) is 0 Å². The summed E-state index contributed by atoms with van der Waals surface area (Å²) >= 11 is 3.33. The summed E-state index contributed by atoms with van der Waals surface area (Å²) in [5.74, 6) is -0.115. The van der Waals surface area contributed by atoms with E-state index in [9.17, 15) is 13.2 Å². The van der Waals surface area contributed by atoms with Gasteiger partial charge in [0.25, 0.3) is 0 Å². The van der Waals surface area contributed by atoms with E-state index < -0.39 is 6.36 Å². The smallest absolute Gasteiger partial charge is 0.405 e. The minimum absolute atomic E-state index is 0. The molecule has 0 aromatic heterocycles. The van der Waals surface area contributed by atoms with Crippen LogP contribution in [0, 0.1) is 0 Å². The Morgan fingerprint density at radius 1 is 1.32 bits per heavy atom. The number of halogens is 5. The Balaban J connectivity index is 0.00000242. The molecule has 1 fully saturated rings. The summed E-state index contributed by atoms with van der Waals surface area (Å²) in [5, 5.41) is 3.25. The van der Waals surface area contributed by atoms with E-state index in [2.05, 4.69) is 30.9 Å². The van der Waals surface area contributed by atoms with Crippen molar-refractivity contribution in [2.45, 2.75) is 25.7 Å². The first-order chi connectivity index (χ1) is 9.90. The van der Waals surface area contributed by atoms with Crippen molar-refractivity contribution in [3.8, 4) is 5.75 Å².